The molecule has 0 bridgehead atoms. The van der Waals surface area contributed by atoms with Crippen molar-refractivity contribution in [2.24, 2.45) is 5.92 Å². The van der Waals surface area contributed by atoms with E-state index in [0.29, 0.717) is 5.56 Å². The molecule has 3 atom stereocenters. The Hall–Kier alpha value is -2.16. The fraction of sp³-hybridized carbons (Fsp3) is 0.316. The second kappa shape index (κ2) is 4.94. The van der Waals surface area contributed by atoms with Crippen LogP contribution in [0.5, 0.6) is 0 Å². The van der Waals surface area contributed by atoms with E-state index in [2.05, 4.69) is 13.0 Å². The van der Waals surface area contributed by atoms with Gasteiger partial charge in [0.25, 0.3) is 0 Å². The number of hydrogen-bond donors (Lipinski definition) is 0. The zero-order valence-electron chi connectivity index (χ0n) is 12.5. The molecule has 2 aliphatic rings. The lowest BCUT2D eigenvalue weighted by Crippen LogP contribution is -2.37. The number of amides is 1. The molecule has 0 N–H and O–H groups in total. The van der Waals surface area contributed by atoms with E-state index in [1.807, 2.05) is 29.2 Å². The van der Waals surface area contributed by atoms with Crippen LogP contribution in [0.25, 0.3) is 0 Å². The molecular formula is C19H18FNO. The molecule has 2 aromatic carbocycles. The van der Waals surface area contributed by atoms with Crippen LogP contribution in [0, 0.1) is 11.7 Å². The average Bonchev–Trinajstić information content (AvgIpc) is 3.23. The third-order valence-electron chi connectivity index (χ3n) is 4.86. The zero-order chi connectivity index (χ0) is 15.3. The van der Waals surface area contributed by atoms with Crippen molar-refractivity contribution in [2.75, 3.05) is 4.90 Å². The lowest BCUT2D eigenvalue weighted by Gasteiger charge is -2.23. The third-order valence-corrected chi connectivity index (χ3v) is 4.86. The molecule has 2 nitrogen and oxygen atoms in total. The standard InChI is InChI=1S/C19H18FNO/c1-12-10-13-6-2-5-9-18(13)21(12)19(22)16-11-15(16)14-7-3-4-8-17(14)20/h2-9,12,15-16H,10-11H2,1H3. The number of hydrogen-bond acceptors (Lipinski definition) is 1. The molecule has 0 radical (unpaired) electrons. The van der Waals surface area contributed by atoms with Gasteiger partial charge in [-0.1, -0.05) is 36.4 Å². The van der Waals surface area contributed by atoms with Crippen molar-refractivity contribution in [2.45, 2.75) is 31.7 Å². The van der Waals surface area contributed by atoms with Gasteiger partial charge in [0.1, 0.15) is 5.82 Å². The van der Waals surface area contributed by atoms with Crippen LogP contribution in [-0.4, -0.2) is 11.9 Å². The van der Waals surface area contributed by atoms with E-state index in [9.17, 15) is 9.18 Å². The second-order valence-corrected chi connectivity index (χ2v) is 6.36. The molecule has 3 heteroatoms. The van der Waals surface area contributed by atoms with Gasteiger partial charge >= 0.3 is 0 Å². The fourth-order valence-electron chi connectivity index (χ4n) is 3.67. The molecule has 1 aliphatic carbocycles. The van der Waals surface area contributed by atoms with E-state index in [4.69, 9.17) is 0 Å². The number of carbonyl (C=O) groups is 1. The number of rotatable bonds is 2. The maximum Gasteiger partial charge on any atom is 0.231 e. The summed E-state index contributed by atoms with van der Waals surface area (Å²) in [5.74, 6) is -0.0949. The van der Waals surface area contributed by atoms with Crippen LogP contribution in [-0.2, 0) is 11.2 Å². The van der Waals surface area contributed by atoms with Crippen molar-refractivity contribution in [3.05, 3.63) is 65.5 Å². The fourth-order valence-corrected chi connectivity index (χ4v) is 3.67. The normalized spacial score (nSPS) is 25.9. The van der Waals surface area contributed by atoms with E-state index in [-0.39, 0.29) is 29.6 Å². The van der Waals surface area contributed by atoms with Gasteiger partial charge in [0.05, 0.1) is 0 Å². The summed E-state index contributed by atoms with van der Waals surface area (Å²) in [6.07, 6.45) is 1.66. The summed E-state index contributed by atoms with van der Waals surface area (Å²) in [5, 5.41) is 0. The van der Waals surface area contributed by atoms with Crippen molar-refractivity contribution in [1.29, 1.82) is 0 Å². The highest BCUT2D eigenvalue weighted by atomic mass is 19.1. The Morgan fingerprint density at radius 3 is 2.68 bits per heavy atom. The molecule has 2 aromatic rings. The highest BCUT2D eigenvalue weighted by Crippen LogP contribution is 2.50. The van der Waals surface area contributed by atoms with Crippen LogP contribution < -0.4 is 4.90 Å². The van der Waals surface area contributed by atoms with Gasteiger partial charge in [0.2, 0.25) is 5.91 Å². The van der Waals surface area contributed by atoms with Crippen LogP contribution >= 0.6 is 0 Å². The number of anilines is 1. The first-order valence-electron chi connectivity index (χ1n) is 7.82. The topological polar surface area (TPSA) is 20.3 Å². The molecule has 1 amide bonds. The third kappa shape index (κ3) is 2.04. The lowest BCUT2D eigenvalue weighted by atomic mass is 10.1. The minimum absolute atomic E-state index is 0.0358. The summed E-state index contributed by atoms with van der Waals surface area (Å²) in [6.45, 7) is 2.08. The lowest BCUT2D eigenvalue weighted by molar-refractivity contribution is -0.120. The van der Waals surface area contributed by atoms with Crippen LogP contribution in [0.15, 0.2) is 48.5 Å². The Morgan fingerprint density at radius 1 is 1.14 bits per heavy atom. The Labute approximate surface area is 129 Å². The first-order valence-corrected chi connectivity index (χ1v) is 7.82. The molecule has 22 heavy (non-hydrogen) atoms. The molecule has 0 aromatic heterocycles. The average molecular weight is 295 g/mol. The van der Waals surface area contributed by atoms with Crippen molar-refractivity contribution in [3.8, 4) is 0 Å². The maximum atomic E-state index is 13.9. The minimum Gasteiger partial charge on any atom is -0.309 e. The van der Waals surface area contributed by atoms with E-state index < -0.39 is 0 Å². The highest BCUT2D eigenvalue weighted by Gasteiger charge is 2.48. The van der Waals surface area contributed by atoms with Gasteiger partial charge in [0, 0.05) is 17.6 Å². The Morgan fingerprint density at radius 2 is 1.86 bits per heavy atom. The van der Waals surface area contributed by atoms with E-state index in [0.717, 1.165) is 18.5 Å². The van der Waals surface area contributed by atoms with E-state index in [1.165, 1.54) is 11.6 Å². The SMILES string of the molecule is CC1Cc2ccccc2N1C(=O)C1CC1c1ccccc1F. The van der Waals surface area contributed by atoms with Crippen LogP contribution in [0.4, 0.5) is 10.1 Å². The maximum absolute atomic E-state index is 13.9. The largest absolute Gasteiger partial charge is 0.309 e. The first kappa shape index (κ1) is 13.5. The Balaban J connectivity index is 1.58. The van der Waals surface area contributed by atoms with Gasteiger partial charge in [-0.25, -0.2) is 4.39 Å². The predicted octanol–water partition coefficient (Wildman–Crippen LogP) is 3.91. The van der Waals surface area contributed by atoms with Crippen molar-refractivity contribution >= 4 is 11.6 Å². The molecular weight excluding hydrogens is 277 g/mol. The van der Waals surface area contributed by atoms with Crippen molar-refractivity contribution in [1.82, 2.24) is 0 Å². The van der Waals surface area contributed by atoms with E-state index >= 15 is 0 Å². The number of para-hydroxylation sites is 1. The van der Waals surface area contributed by atoms with Gasteiger partial charge in [0.15, 0.2) is 0 Å². The van der Waals surface area contributed by atoms with Crippen LogP contribution in [0.3, 0.4) is 0 Å². The molecule has 4 rings (SSSR count). The quantitative estimate of drug-likeness (QED) is 0.822. The number of halogens is 1. The molecule has 1 aliphatic heterocycles. The zero-order valence-corrected chi connectivity index (χ0v) is 12.5. The summed E-state index contributed by atoms with van der Waals surface area (Å²) in [5.41, 5.74) is 2.94. The molecule has 3 unspecified atom stereocenters. The Bertz CT molecular complexity index is 742. The molecule has 1 fully saturated rings. The highest BCUT2D eigenvalue weighted by molar-refractivity contribution is 5.99. The number of fused-ring (bicyclic) bond motifs is 1. The molecule has 1 saturated carbocycles. The summed E-state index contributed by atoms with van der Waals surface area (Å²) in [6, 6.07) is 15.1. The summed E-state index contributed by atoms with van der Waals surface area (Å²) >= 11 is 0. The van der Waals surface area contributed by atoms with Gasteiger partial charge in [-0.05, 0) is 48.9 Å². The van der Waals surface area contributed by atoms with E-state index in [1.54, 1.807) is 12.1 Å². The van der Waals surface area contributed by atoms with Crippen molar-refractivity contribution < 1.29 is 9.18 Å². The summed E-state index contributed by atoms with van der Waals surface area (Å²) in [7, 11) is 0. The van der Waals surface area contributed by atoms with Gasteiger partial charge in [-0.2, -0.15) is 0 Å². The first-order chi connectivity index (χ1) is 10.7. The Kier molecular flexibility index (Phi) is 3.03. The summed E-state index contributed by atoms with van der Waals surface area (Å²) in [4.78, 5) is 14.8. The van der Waals surface area contributed by atoms with Crippen LogP contribution in [0.1, 0.15) is 30.4 Å². The van der Waals surface area contributed by atoms with Gasteiger partial charge < -0.3 is 4.90 Å². The molecule has 112 valence electrons. The number of nitrogens with zero attached hydrogens (tertiary/aromatic N) is 1. The smallest absolute Gasteiger partial charge is 0.231 e. The molecule has 1 heterocycles. The second-order valence-electron chi connectivity index (χ2n) is 6.36. The molecule has 0 spiro atoms. The predicted molar refractivity (Wildman–Crippen MR) is 84.3 cm³/mol. The monoisotopic (exact) mass is 295 g/mol. The molecule has 0 saturated heterocycles. The summed E-state index contributed by atoms with van der Waals surface area (Å²) < 4.78 is 13.9. The van der Waals surface area contributed by atoms with Gasteiger partial charge in [-0.15, -0.1) is 0 Å². The van der Waals surface area contributed by atoms with Crippen LogP contribution in [0.2, 0.25) is 0 Å². The minimum atomic E-state index is -0.197. The number of carbonyl (C=O) groups excluding carboxylic acids is 1. The number of benzene rings is 2. The van der Waals surface area contributed by atoms with Crippen molar-refractivity contribution in [3.63, 3.8) is 0 Å². The van der Waals surface area contributed by atoms with Gasteiger partial charge in [-0.3, -0.25) is 4.79 Å².